The van der Waals surface area contributed by atoms with Gasteiger partial charge in [-0.25, -0.2) is 14.4 Å². The fourth-order valence-corrected chi connectivity index (χ4v) is 4.60. The van der Waals surface area contributed by atoms with Crippen LogP contribution in [-0.2, 0) is 4.79 Å². The molecule has 9 heteroatoms. The molecule has 2 aromatic carbocycles. The number of nitrogens with one attached hydrogen (secondary N) is 2. The highest BCUT2D eigenvalue weighted by Crippen LogP contribution is 2.33. The van der Waals surface area contributed by atoms with Crippen molar-refractivity contribution in [1.29, 1.82) is 0 Å². The average molecular weight is 486 g/mol. The second-order valence-electron chi connectivity index (χ2n) is 9.04. The number of hydrogen-bond donors (Lipinski definition) is 2. The Hall–Kier alpha value is -4.24. The smallest absolute Gasteiger partial charge is 0.247 e. The van der Waals surface area contributed by atoms with Gasteiger partial charge in [-0.1, -0.05) is 18.7 Å². The topological polar surface area (TPSA) is 77.8 Å². The third-order valence-electron chi connectivity index (χ3n) is 6.53. The van der Waals surface area contributed by atoms with E-state index in [1.165, 1.54) is 18.2 Å². The Kier molecular flexibility index (Phi) is 6.39. The van der Waals surface area contributed by atoms with Gasteiger partial charge in [-0.3, -0.25) is 9.20 Å². The summed E-state index contributed by atoms with van der Waals surface area (Å²) < 4.78 is 15.6. The van der Waals surface area contributed by atoms with Crippen LogP contribution in [0.1, 0.15) is 6.42 Å². The number of hydrogen-bond acceptors (Lipinski definition) is 6. The Morgan fingerprint density at radius 1 is 1.19 bits per heavy atom. The van der Waals surface area contributed by atoms with Crippen LogP contribution in [0.4, 0.5) is 27.3 Å². The van der Waals surface area contributed by atoms with Crippen LogP contribution in [0.15, 0.2) is 73.8 Å². The molecular formula is C27H28FN7O. The largest absolute Gasteiger partial charge is 0.369 e. The summed E-state index contributed by atoms with van der Waals surface area (Å²) in [5.74, 6) is 0.00788. The second-order valence-corrected chi connectivity index (χ2v) is 9.04. The van der Waals surface area contributed by atoms with Crippen LogP contribution in [0.3, 0.4) is 0 Å². The van der Waals surface area contributed by atoms with E-state index < -0.39 is 0 Å². The van der Waals surface area contributed by atoms with Crippen LogP contribution in [0.5, 0.6) is 0 Å². The first-order valence-electron chi connectivity index (χ1n) is 11.8. The molecule has 5 rings (SSSR count). The summed E-state index contributed by atoms with van der Waals surface area (Å²) in [4.78, 5) is 25.6. The molecule has 1 saturated heterocycles. The quantitative estimate of drug-likeness (QED) is 0.374. The summed E-state index contributed by atoms with van der Waals surface area (Å²) in [6, 6.07) is 14.4. The summed E-state index contributed by atoms with van der Waals surface area (Å²) in [6.45, 7) is 5.59. The van der Waals surface area contributed by atoms with Gasteiger partial charge in [0, 0.05) is 37.0 Å². The van der Waals surface area contributed by atoms with Gasteiger partial charge in [0.2, 0.25) is 5.91 Å². The van der Waals surface area contributed by atoms with Crippen molar-refractivity contribution in [3.05, 3.63) is 79.7 Å². The van der Waals surface area contributed by atoms with E-state index in [1.807, 2.05) is 30.3 Å². The van der Waals surface area contributed by atoms with Crippen molar-refractivity contribution in [2.24, 2.45) is 0 Å². The average Bonchev–Trinajstić information content (AvgIpc) is 3.50. The fourth-order valence-electron chi connectivity index (χ4n) is 4.60. The molecule has 0 spiro atoms. The maximum Gasteiger partial charge on any atom is 0.247 e. The number of aromatic nitrogens is 3. The van der Waals surface area contributed by atoms with Gasteiger partial charge >= 0.3 is 0 Å². The number of likely N-dealkylation sites (tertiary alicyclic amines) is 1. The minimum atomic E-state index is -0.315. The maximum atomic E-state index is 13.8. The van der Waals surface area contributed by atoms with Crippen molar-refractivity contribution in [3.8, 4) is 11.3 Å². The highest BCUT2D eigenvalue weighted by Gasteiger charge is 2.25. The summed E-state index contributed by atoms with van der Waals surface area (Å²) in [5.41, 5.74) is 4.53. The van der Waals surface area contributed by atoms with E-state index in [1.54, 1.807) is 23.1 Å². The number of benzene rings is 2. The van der Waals surface area contributed by atoms with Gasteiger partial charge in [-0.2, -0.15) is 0 Å². The number of fused-ring (bicyclic) bond motifs is 1. The molecule has 0 saturated carbocycles. The molecule has 1 unspecified atom stereocenters. The first kappa shape index (κ1) is 23.5. The van der Waals surface area contributed by atoms with E-state index in [0.29, 0.717) is 28.8 Å². The molecule has 1 atom stereocenters. The lowest BCUT2D eigenvalue weighted by Gasteiger charge is -2.29. The first-order valence-corrected chi connectivity index (χ1v) is 11.8. The van der Waals surface area contributed by atoms with Crippen molar-refractivity contribution in [2.45, 2.75) is 12.5 Å². The summed E-state index contributed by atoms with van der Waals surface area (Å²) in [5, 5.41) is 6.26. The van der Waals surface area contributed by atoms with Gasteiger partial charge in [-0.15, -0.1) is 0 Å². The number of carbonyl (C=O) groups excluding carboxylic acids is 1. The van der Waals surface area contributed by atoms with Crippen molar-refractivity contribution < 1.29 is 9.18 Å². The highest BCUT2D eigenvalue weighted by atomic mass is 19.1. The minimum Gasteiger partial charge on any atom is -0.369 e. The monoisotopic (exact) mass is 485 g/mol. The summed E-state index contributed by atoms with van der Waals surface area (Å²) in [7, 11) is 4.17. The predicted molar refractivity (Wildman–Crippen MR) is 141 cm³/mol. The number of nitrogens with zero attached hydrogens (tertiary/aromatic N) is 5. The van der Waals surface area contributed by atoms with Crippen LogP contribution in [0, 0.1) is 5.82 Å². The zero-order valence-corrected chi connectivity index (χ0v) is 20.3. The standard InChI is InChI=1S/C27H28FN7O/c1-4-26(36)32-22-13-20(8-9-23(22)34(3)21-10-11-33(2)15-21)31-25-14-24-27(30-17-35(24)16-29-25)18-6-5-7-19(28)12-18/h4-9,12-14,16-17,21,31H,1,10-11,15H2,2-3H3,(H,32,36). The lowest BCUT2D eigenvalue weighted by atomic mass is 10.1. The second kappa shape index (κ2) is 9.79. The van der Waals surface area contributed by atoms with Crippen LogP contribution < -0.4 is 15.5 Å². The van der Waals surface area contributed by atoms with Gasteiger partial charge in [0.05, 0.1) is 22.6 Å². The number of likely N-dealkylation sites (N-methyl/N-ethyl adjacent to an activating group) is 2. The summed E-state index contributed by atoms with van der Waals surface area (Å²) in [6.07, 6.45) is 5.63. The van der Waals surface area contributed by atoms with Crippen molar-refractivity contribution in [1.82, 2.24) is 19.3 Å². The fraction of sp³-hybridized carbons (Fsp3) is 0.222. The van der Waals surface area contributed by atoms with E-state index in [2.05, 4.69) is 51.1 Å². The molecule has 1 aliphatic rings. The number of anilines is 4. The molecule has 1 amide bonds. The molecular weight excluding hydrogens is 457 g/mol. The predicted octanol–water partition coefficient (Wildman–Crippen LogP) is 4.54. The number of halogens is 1. The number of rotatable bonds is 7. The van der Waals surface area contributed by atoms with E-state index >= 15 is 0 Å². The Balaban J connectivity index is 1.45. The van der Waals surface area contributed by atoms with Gasteiger partial charge < -0.3 is 20.4 Å². The highest BCUT2D eigenvalue weighted by molar-refractivity contribution is 6.01. The zero-order chi connectivity index (χ0) is 25.2. The first-order chi connectivity index (χ1) is 17.4. The van der Waals surface area contributed by atoms with Crippen LogP contribution in [0.2, 0.25) is 0 Å². The van der Waals surface area contributed by atoms with Crippen LogP contribution in [-0.4, -0.2) is 58.4 Å². The zero-order valence-electron chi connectivity index (χ0n) is 20.3. The molecule has 2 aromatic heterocycles. The van der Waals surface area contributed by atoms with E-state index in [4.69, 9.17) is 0 Å². The third kappa shape index (κ3) is 4.78. The molecule has 2 N–H and O–H groups in total. The molecule has 0 radical (unpaired) electrons. The number of carbonyl (C=O) groups is 1. The molecule has 3 heterocycles. The van der Waals surface area contributed by atoms with Gasteiger partial charge in [0.25, 0.3) is 0 Å². The molecule has 1 fully saturated rings. The van der Waals surface area contributed by atoms with Crippen molar-refractivity contribution in [3.63, 3.8) is 0 Å². The maximum absolute atomic E-state index is 13.8. The Morgan fingerprint density at radius 2 is 2.03 bits per heavy atom. The Labute approximate surface area is 209 Å². The normalized spacial score (nSPS) is 15.7. The molecule has 0 aliphatic carbocycles. The number of imidazole rings is 1. The van der Waals surface area contributed by atoms with E-state index in [9.17, 15) is 9.18 Å². The van der Waals surface area contributed by atoms with Crippen LogP contribution >= 0.6 is 0 Å². The van der Waals surface area contributed by atoms with Gasteiger partial charge in [-0.05, 0) is 56.4 Å². The summed E-state index contributed by atoms with van der Waals surface area (Å²) >= 11 is 0. The molecule has 0 bridgehead atoms. The van der Waals surface area contributed by atoms with Crippen LogP contribution in [0.25, 0.3) is 16.8 Å². The van der Waals surface area contributed by atoms with E-state index in [-0.39, 0.29) is 11.7 Å². The van der Waals surface area contributed by atoms with E-state index in [0.717, 1.165) is 36.4 Å². The Morgan fingerprint density at radius 3 is 2.78 bits per heavy atom. The molecule has 1 aliphatic heterocycles. The molecule has 184 valence electrons. The third-order valence-corrected chi connectivity index (χ3v) is 6.53. The molecule has 4 aromatic rings. The number of amides is 1. The molecule has 8 nitrogen and oxygen atoms in total. The lowest BCUT2D eigenvalue weighted by Crippen LogP contribution is -2.34. The SMILES string of the molecule is C=CC(=O)Nc1cc(Nc2cc3c(-c4cccc(F)c4)ncn3cn2)ccc1N(C)C1CCN(C)C1. The van der Waals surface area contributed by atoms with Gasteiger partial charge in [0.1, 0.15) is 24.3 Å². The van der Waals surface area contributed by atoms with Gasteiger partial charge in [0.15, 0.2) is 0 Å². The minimum absolute atomic E-state index is 0.274. The Bertz CT molecular complexity index is 1430. The van der Waals surface area contributed by atoms with Crippen molar-refractivity contribution >= 4 is 34.3 Å². The lowest BCUT2D eigenvalue weighted by molar-refractivity contribution is -0.111. The molecule has 36 heavy (non-hydrogen) atoms. The van der Waals surface area contributed by atoms with Crippen molar-refractivity contribution in [2.75, 3.05) is 42.7 Å².